The van der Waals surface area contributed by atoms with Crippen molar-refractivity contribution in [2.75, 3.05) is 33.3 Å². The number of aromatic nitrogens is 3. The van der Waals surface area contributed by atoms with Crippen LogP contribution in [-0.4, -0.2) is 63.6 Å². The van der Waals surface area contributed by atoms with E-state index in [0.29, 0.717) is 48.6 Å². The van der Waals surface area contributed by atoms with Crippen molar-refractivity contribution in [3.63, 3.8) is 0 Å². The summed E-state index contributed by atoms with van der Waals surface area (Å²) in [5.74, 6) is -0.433. The molecule has 0 unspecified atom stereocenters. The summed E-state index contributed by atoms with van der Waals surface area (Å²) < 4.78 is 61.0. The molecule has 0 saturated carbocycles. The normalized spacial score (nSPS) is 14.7. The highest BCUT2D eigenvalue weighted by Crippen LogP contribution is 2.35. The minimum absolute atomic E-state index is 0.0129. The number of ether oxygens (including phenoxy) is 1. The van der Waals surface area contributed by atoms with Crippen LogP contribution >= 0.6 is 11.6 Å². The fourth-order valence-electron chi connectivity index (χ4n) is 4.37. The monoisotopic (exact) mass is 547 g/mol. The van der Waals surface area contributed by atoms with Crippen LogP contribution in [0.1, 0.15) is 21.7 Å². The molecule has 198 valence electrons. The predicted molar refractivity (Wildman–Crippen MR) is 133 cm³/mol. The molecule has 1 fully saturated rings. The van der Waals surface area contributed by atoms with E-state index in [2.05, 4.69) is 15.0 Å². The van der Waals surface area contributed by atoms with Gasteiger partial charge in [0.05, 0.1) is 12.8 Å². The van der Waals surface area contributed by atoms with Gasteiger partial charge in [0.2, 0.25) is 0 Å². The number of alkyl halides is 3. The van der Waals surface area contributed by atoms with Gasteiger partial charge < -0.3 is 9.64 Å². The second-order valence-corrected chi connectivity index (χ2v) is 9.23. The number of halogens is 5. The van der Waals surface area contributed by atoms with Gasteiger partial charge in [0.1, 0.15) is 16.6 Å². The van der Waals surface area contributed by atoms with Gasteiger partial charge in [-0.1, -0.05) is 35.9 Å². The van der Waals surface area contributed by atoms with Crippen molar-refractivity contribution in [1.29, 1.82) is 0 Å². The van der Waals surface area contributed by atoms with Crippen LogP contribution in [0.3, 0.4) is 0 Å². The fourth-order valence-corrected chi connectivity index (χ4v) is 4.61. The maximum absolute atomic E-state index is 14.0. The summed E-state index contributed by atoms with van der Waals surface area (Å²) in [7, 11) is 1.45. The molecule has 1 aliphatic heterocycles. The molecular weight excluding hydrogens is 526 g/mol. The Balaban J connectivity index is 1.42. The van der Waals surface area contributed by atoms with Gasteiger partial charge in [-0.15, -0.1) is 0 Å². The number of hydrogen-bond donors (Lipinski definition) is 0. The first kappa shape index (κ1) is 25.9. The van der Waals surface area contributed by atoms with E-state index < -0.39 is 17.8 Å². The maximum Gasteiger partial charge on any atom is 0.433 e. The van der Waals surface area contributed by atoms with E-state index in [0.717, 1.165) is 11.6 Å². The Bertz CT molecular complexity index is 1480. The Morgan fingerprint density at radius 1 is 1.05 bits per heavy atom. The number of rotatable bonds is 5. The third-order valence-corrected chi connectivity index (χ3v) is 6.72. The molecule has 7 nitrogen and oxygen atoms in total. The number of nitrogens with zero attached hydrogens (tertiary/aromatic N) is 5. The zero-order chi connectivity index (χ0) is 27.0. The van der Waals surface area contributed by atoms with Crippen molar-refractivity contribution < 1.29 is 27.1 Å². The Kier molecular flexibility index (Phi) is 6.97. The molecule has 0 spiro atoms. The number of methoxy groups -OCH3 is 1. The molecule has 0 aliphatic carbocycles. The van der Waals surface area contributed by atoms with Crippen LogP contribution in [0.2, 0.25) is 5.02 Å². The van der Waals surface area contributed by atoms with Gasteiger partial charge in [-0.2, -0.15) is 18.3 Å². The number of amides is 1. The summed E-state index contributed by atoms with van der Waals surface area (Å²) in [6.07, 6.45) is -4.78. The molecule has 1 aliphatic rings. The Labute approximate surface area is 220 Å². The summed E-state index contributed by atoms with van der Waals surface area (Å²) in [6, 6.07) is 13.5. The van der Waals surface area contributed by atoms with Crippen LogP contribution in [0.4, 0.5) is 17.6 Å². The molecular formula is C26H22ClF4N5O2. The number of benzene rings is 2. The summed E-state index contributed by atoms with van der Waals surface area (Å²) >= 11 is 6.43. The third kappa shape index (κ3) is 5.16. The largest absolute Gasteiger partial charge is 0.497 e. The van der Waals surface area contributed by atoms with Gasteiger partial charge in [0.25, 0.3) is 5.91 Å². The van der Waals surface area contributed by atoms with E-state index in [-0.39, 0.29) is 27.9 Å². The molecule has 0 N–H and O–H groups in total. The minimum atomic E-state index is -4.78. The first-order chi connectivity index (χ1) is 18.1. The van der Waals surface area contributed by atoms with Crippen LogP contribution in [0.15, 0.2) is 54.6 Å². The van der Waals surface area contributed by atoms with E-state index in [1.54, 1.807) is 36.4 Å². The average molecular weight is 548 g/mol. The first-order valence-corrected chi connectivity index (χ1v) is 12.1. The number of piperazine rings is 1. The lowest BCUT2D eigenvalue weighted by Crippen LogP contribution is -2.48. The van der Waals surface area contributed by atoms with Gasteiger partial charge >= 0.3 is 6.18 Å². The maximum atomic E-state index is 14.0. The number of fused-ring (bicyclic) bond motifs is 1. The average Bonchev–Trinajstić information content (AvgIpc) is 3.25. The molecule has 4 aromatic rings. The third-order valence-electron chi connectivity index (χ3n) is 6.37. The zero-order valence-corrected chi connectivity index (χ0v) is 20.9. The molecule has 38 heavy (non-hydrogen) atoms. The van der Waals surface area contributed by atoms with Gasteiger partial charge in [-0.05, 0) is 35.9 Å². The van der Waals surface area contributed by atoms with Crippen LogP contribution in [0, 0.1) is 5.82 Å². The van der Waals surface area contributed by atoms with E-state index in [1.165, 1.54) is 24.1 Å². The van der Waals surface area contributed by atoms with Crippen LogP contribution in [-0.2, 0) is 12.7 Å². The molecule has 12 heteroatoms. The van der Waals surface area contributed by atoms with Gasteiger partial charge in [0.15, 0.2) is 17.0 Å². The van der Waals surface area contributed by atoms with Crippen molar-refractivity contribution in [2.45, 2.75) is 12.7 Å². The first-order valence-electron chi connectivity index (χ1n) is 11.7. The molecule has 2 aromatic heterocycles. The molecule has 3 heterocycles. The molecule has 0 radical (unpaired) electrons. The fraction of sp³-hybridized carbons (Fsp3) is 0.269. The minimum Gasteiger partial charge on any atom is -0.497 e. The quantitative estimate of drug-likeness (QED) is 0.322. The zero-order valence-electron chi connectivity index (χ0n) is 20.2. The van der Waals surface area contributed by atoms with Gasteiger partial charge in [-0.25, -0.2) is 13.9 Å². The van der Waals surface area contributed by atoms with Crippen molar-refractivity contribution in [3.05, 3.63) is 82.4 Å². The van der Waals surface area contributed by atoms with Crippen molar-refractivity contribution in [3.8, 4) is 17.0 Å². The van der Waals surface area contributed by atoms with Gasteiger partial charge in [0, 0.05) is 38.3 Å². The van der Waals surface area contributed by atoms with E-state index >= 15 is 0 Å². The van der Waals surface area contributed by atoms with E-state index in [4.69, 9.17) is 16.3 Å². The van der Waals surface area contributed by atoms with Gasteiger partial charge in [-0.3, -0.25) is 9.69 Å². The lowest BCUT2D eigenvalue weighted by molar-refractivity contribution is -0.142. The lowest BCUT2D eigenvalue weighted by Gasteiger charge is -2.34. The van der Waals surface area contributed by atoms with Crippen molar-refractivity contribution in [1.82, 2.24) is 24.4 Å². The smallest absolute Gasteiger partial charge is 0.433 e. The molecule has 1 saturated heterocycles. The summed E-state index contributed by atoms with van der Waals surface area (Å²) in [6.45, 7) is 2.31. The van der Waals surface area contributed by atoms with Crippen LogP contribution in [0.5, 0.6) is 5.75 Å². The number of carbonyl (C=O) groups excluding carboxylic acids is 1. The lowest BCUT2D eigenvalue weighted by atomic mass is 10.1. The second-order valence-electron chi connectivity index (χ2n) is 8.85. The van der Waals surface area contributed by atoms with E-state index in [1.807, 2.05) is 0 Å². The molecule has 0 bridgehead atoms. The van der Waals surface area contributed by atoms with Crippen molar-refractivity contribution >= 4 is 23.2 Å². The Morgan fingerprint density at radius 2 is 1.76 bits per heavy atom. The summed E-state index contributed by atoms with van der Waals surface area (Å²) in [5, 5.41) is 3.70. The standard InChI is InChI=1S/C26H22ClF4N5O2/c1-38-19-4-2-3-17(13-19)20-14-21(26(29,30)31)36-24(32-20)22(27)23(33-36)25(37)35-11-9-34(10-12-35)15-16-5-7-18(28)8-6-16/h2-8,13-14H,9-12,15H2,1H3. The molecule has 2 aromatic carbocycles. The van der Waals surface area contributed by atoms with Crippen LogP contribution in [0.25, 0.3) is 16.9 Å². The number of carbonyl (C=O) groups is 1. The highest BCUT2D eigenvalue weighted by Gasteiger charge is 2.37. The highest BCUT2D eigenvalue weighted by molar-refractivity contribution is 6.36. The number of hydrogen-bond acceptors (Lipinski definition) is 5. The highest BCUT2D eigenvalue weighted by atomic mass is 35.5. The molecule has 0 atom stereocenters. The Hall–Kier alpha value is -3.70. The molecule has 1 amide bonds. The van der Waals surface area contributed by atoms with E-state index in [9.17, 15) is 22.4 Å². The SMILES string of the molecule is COc1cccc(-c2cc(C(F)(F)F)n3nc(C(=O)N4CCN(Cc5ccc(F)cc5)CC4)c(Cl)c3n2)c1. The van der Waals surface area contributed by atoms with Crippen LogP contribution < -0.4 is 4.74 Å². The van der Waals surface area contributed by atoms with Crippen molar-refractivity contribution in [2.24, 2.45) is 0 Å². The Morgan fingerprint density at radius 3 is 2.42 bits per heavy atom. The topological polar surface area (TPSA) is 63.0 Å². The second kappa shape index (κ2) is 10.2. The summed E-state index contributed by atoms with van der Waals surface area (Å²) in [4.78, 5) is 21.2. The molecule has 5 rings (SSSR count). The predicted octanol–water partition coefficient (Wildman–Crippen LogP) is 5.17. The summed E-state index contributed by atoms with van der Waals surface area (Å²) in [5.41, 5.74) is -0.326.